The van der Waals surface area contributed by atoms with Gasteiger partial charge in [-0.1, -0.05) is 0 Å². The molecule has 1 aromatic heterocycles. The topological polar surface area (TPSA) is 91.8 Å². The van der Waals surface area contributed by atoms with Crippen molar-refractivity contribution >= 4 is 17.7 Å². The summed E-state index contributed by atoms with van der Waals surface area (Å²) in [5, 5.41) is 11.2. The summed E-state index contributed by atoms with van der Waals surface area (Å²) in [6, 6.07) is 7.66. The molecule has 0 amide bonds. The Morgan fingerprint density at radius 3 is 2.68 bits per heavy atom. The molecule has 0 spiro atoms. The van der Waals surface area contributed by atoms with E-state index in [0.717, 1.165) is 0 Å². The highest BCUT2D eigenvalue weighted by Gasteiger charge is 2.19. The Morgan fingerprint density at radius 1 is 1.27 bits per heavy atom. The first-order valence-corrected chi connectivity index (χ1v) is 6.24. The van der Waals surface area contributed by atoms with Crippen molar-refractivity contribution in [3.8, 4) is 17.1 Å². The van der Waals surface area contributed by atoms with Crippen molar-refractivity contribution in [2.75, 3.05) is 14.2 Å². The number of nitro benzene ring substituents is 1. The van der Waals surface area contributed by atoms with Crippen molar-refractivity contribution in [2.24, 2.45) is 0 Å². The summed E-state index contributed by atoms with van der Waals surface area (Å²) in [5.74, 6) is 0.561. The highest BCUT2D eigenvalue weighted by molar-refractivity contribution is 5.86. The Morgan fingerprint density at radius 2 is 2.05 bits per heavy atom. The quantitative estimate of drug-likeness (QED) is 0.365. The minimum Gasteiger partial charge on any atom is -0.497 e. The van der Waals surface area contributed by atoms with E-state index in [-0.39, 0.29) is 5.69 Å². The zero-order valence-corrected chi connectivity index (χ0v) is 11.9. The molecule has 114 valence electrons. The molecule has 0 bridgehead atoms. The molecule has 0 aliphatic heterocycles. The van der Waals surface area contributed by atoms with Gasteiger partial charge in [0, 0.05) is 6.08 Å². The van der Waals surface area contributed by atoms with Gasteiger partial charge < -0.3 is 13.9 Å². The van der Waals surface area contributed by atoms with Crippen LogP contribution in [0.15, 0.2) is 40.8 Å². The Kier molecular flexibility index (Phi) is 4.57. The van der Waals surface area contributed by atoms with Gasteiger partial charge in [0.05, 0.1) is 30.8 Å². The van der Waals surface area contributed by atoms with Crippen LogP contribution in [0, 0.1) is 10.1 Å². The number of carbonyl (C=O) groups excluding carboxylic acids is 1. The lowest BCUT2D eigenvalue weighted by Gasteiger charge is -2.03. The number of ether oxygens (including phenoxy) is 2. The number of furan rings is 1. The predicted molar refractivity (Wildman–Crippen MR) is 78.4 cm³/mol. The van der Waals surface area contributed by atoms with Gasteiger partial charge in [0.2, 0.25) is 0 Å². The van der Waals surface area contributed by atoms with E-state index in [1.807, 2.05) is 0 Å². The van der Waals surface area contributed by atoms with Crippen molar-refractivity contribution in [3.63, 3.8) is 0 Å². The number of benzene rings is 1. The van der Waals surface area contributed by atoms with Gasteiger partial charge in [0.25, 0.3) is 5.69 Å². The third kappa shape index (κ3) is 3.32. The molecule has 0 saturated heterocycles. The fourth-order valence-electron chi connectivity index (χ4n) is 1.80. The van der Waals surface area contributed by atoms with Crippen molar-refractivity contribution in [1.29, 1.82) is 0 Å². The Hall–Kier alpha value is -3.09. The summed E-state index contributed by atoms with van der Waals surface area (Å²) in [6.45, 7) is 0. The molecule has 7 heteroatoms. The van der Waals surface area contributed by atoms with Crippen LogP contribution in [0.1, 0.15) is 5.76 Å². The van der Waals surface area contributed by atoms with Gasteiger partial charge in [-0.15, -0.1) is 0 Å². The van der Waals surface area contributed by atoms with Gasteiger partial charge in [0.1, 0.15) is 17.3 Å². The number of esters is 1. The van der Waals surface area contributed by atoms with E-state index < -0.39 is 10.9 Å². The van der Waals surface area contributed by atoms with E-state index in [1.165, 1.54) is 32.4 Å². The smallest absolute Gasteiger partial charge is 0.330 e. The van der Waals surface area contributed by atoms with Crippen LogP contribution in [0.3, 0.4) is 0 Å². The van der Waals surface area contributed by atoms with Gasteiger partial charge in [-0.25, -0.2) is 4.79 Å². The summed E-state index contributed by atoms with van der Waals surface area (Å²) >= 11 is 0. The van der Waals surface area contributed by atoms with Crippen LogP contribution in [0.4, 0.5) is 5.69 Å². The zero-order chi connectivity index (χ0) is 16.1. The van der Waals surface area contributed by atoms with Gasteiger partial charge in [-0.05, 0) is 30.3 Å². The van der Waals surface area contributed by atoms with Crippen LogP contribution in [-0.4, -0.2) is 25.1 Å². The molecule has 0 N–H and O–H groups in total. The van der Waals surface area contributed by atoms with Crippen molar-refractivity contribution in [1.82, 2.24) is 0 Å². The van der Waals surface area contributed by atoms with Gasteiger partial charge >= 0.3 is 5.97 Å². The monoisotopic (exact) mass is 303 g/mol. The second-order valence-corrected chi connectivity index (χ2v) is 4.20. The van der Waals surface area contributed by atoms with Crippen LogP contribution < -0.4 is 4.74 Å². The molecule has 0 fully saturated rings. The van der Waals surface area contributed by atoms with Crippen molar-refractivity contribution in [2.45, 2.75) is 0 Å². The summed E-state index contributed by atoms with van der Waals surface area (Å²) < 4.78 is 14.9. The third-order valence-corrected chi connectivity index (χ3v) is 2.88. The Balaban J connectivity index is 2.36. The lowest BCUT2D eigenvalue weighted by atomic mass is 10.1. The Bertz CT molecular complexity index is 731. The normalized spacial score (nSPS) is 10.6. The summed E-state index contributed by atoms with van der Waals surface area (Å²) in [6.07, 6.45) is 2.62. The number of hydrogen-bond donors (Lipinski definition) is 0. The number of nitrogens with zero attached hydrogens (tertiary/aromatic N) is 1. The molecule has 0 atom stereocenters. The van der Waals surface area contributed by atoms with Crippen LogP contribution in [0.2, 0.25) is 0 Å². The van der Waals surface area contributed by atoms with E-state index in [1.54, 1.807) is 24.3 Å². The second-order valence-electron chi connectivity index (χ2n) is 4.20. The van der Waals surface area contributed by atoms with E-state index in [9.17, 15) is 14.9 Å². The summed E-state index contributed by atoms with van der Waals surface area (Å²) in [4.78, 5) is 21.7. The maximum atomic E-state index is 11.2. The summed E-state index contributed by atoms with van der Waals surface area (Å²) in [7, 11) is 2.70. The lowest BCUT2D eigenvalue weighted by Crippen LogP contribution is -1.93. The fraction of sp³-hybridized carbons (Fsp3) is 0.133. The maximum absolute atomic E-state index is 11.2. The molecule has 2 aromatic rings. The standard InChI is InChI=1S/C15H13NO6/c1-20-11-3-6-12(13(9-11)16(18)19)14-7-4-10(22-14)5-8-15(17)21-2/h3-9H,1-2H3/b8-5+. The molecular weight excluding hydrogens is 290 g/mol. The number of rotatable bonds is 5. The SMILES string of the molecule is COC(=O)/C=C/c1ccc(-c2ccc(OC)cc2[N+](=O)[O-])o1. The molecule has 0 aliphatic rings. The first-order chi connectivity index (χ1) is 10.5. The molecule has 2 rings (SSSR count). The zero-order valence-electron chi connectivity index (χ0n) is 11.9. The molecule has 0 aliphatic carbocycles. The third-order valence-electron chi connectivity index (χ3n) is 2.88. The number of methoxy groups -OCH3 is 2. The number of carbonyl (C=O) groups is 1. The Labute approximate surface area is 125 Å². The second kappa shape index (κ2) is 6.57. The molecule has 0 unspecified atom stereocenters. The molecule has 0 saturated carbocycles. The fourth-order valence-corrected chi connectivity index (χ4v) is 1.80. The van der Waals surface area contributed by atoms with Crippen LogP contribution in [0.25, 0.3) is 17.4 Å². The average Bonchev–Trinajstić information content (AvgIpc) is 3.00. The van der Waals surface area contributed by atoms with Gasteiger partial charge in [-0.2, -0.15) is 0 Å². The average molecular weight is 303 g/mol. The summed E-state index contributed by atoms with van der Waals surface area (Å²) in [5.41, 5.74) is 0.195. The van der Waals surface area contributed by atoms with Gasteiger partial charge in [-0.3, -0.25) is 10.1 Å². The first-order valence-electron chi connectivity index (χ1n) is 6.24. The molecule has 1 heterocycles. The van der Waals surface area contributed by atoms with Crippen LogP contribution in [0.5, 0.6) is 5.75 Å². The van der Waals surface area contributed by atoms with Gasteiger partial charge in [0.15, 0.2) is 0 Å². The van der Waals surface area contributed by atoms with E-state index in [0.29, 0.717) is 22.8 Å². The highest BCUT2D eigenvalue weighted by atomic mass is 16.6. The molecule has 7 nitrogen and oxygen atoms in total. The number of hydrogen-bond acceptors (Lipinski definition) is 6. The maximum Gasteiger partial charge on any atom is 0.330 e. The molecular formula is C15H13NO6. The van der Waals surface area contributed by atoms with E-state index in [4.69, 9.17) is 9.15 Å². The number of nitro groups is 1. The van der Waals surface area contributed by atoms with Crippen LogP contribution in [-0.2, 0) is 9.53 Å². The predicted octanol–water partition coefficient (Wildman–Crippen LogP) is 3.05. The van der Waals surface area contributed by atoms with Crippen molar-refractivity contribution < 1.29 is 23.6 Å². The largest absolute Gasteiger partial charge is 0.497 e. The van der Waals surface area contributed by atoms with E-state index >= 15 is 0 Å². The van der Waals surface area contributed by atoms with E-state index in [2.05, 4.69) is 4.74 Å². The van der Waals surface area contributed by atoms with Crippen molar-refractivity contribution in [3.05, 3.63) is 52.3 Å². The van der Waals surface area contributed by atoms with Crippen LogP contribution >= 0.6 is 0 Å². The molecule has 1 aromatic carbocycles. The minimum absolute atomic E-state index is 0.128. The highest BCUT2D eigenvalue weighted by Crippen LogP contribution is 2.34. The minimum atomic E-state index is -0.520. The molecule has 22 heavy (non-hydrogen) atoms. The lowest BCUT2D eigenvalue weighted by molar-refractivity contribution is -0.384. The first kappa shape index (κ1) is 15.3. The molecule has 0 radical (unpaired) electrons.